The lowest BCUT2D eigenvalue weighted by Crippen LogP contribution is -1.95. The fraction of sp³-hybridized carbons (Fsp3) is 0.0455. The number of hydrogen-bond acceptors (Lipinski definition) is 0. The summed E-state index contributed by atoms with van der Waals surface area (Å²) in [6.45, 7) is 0. The predicted molar refractivity (Wildman–Crippen MR) is 197 cm³/mol. The van der Waals surface area contributed by atoms with Crippen molar-refractivity contribution in [2.45, 2.75) is 9.79 Å². The zero-order valence-corrected chi connectivity index (χ0v) is 26.2. The predicted octanol–water partition coefficient (Wildman–Crippen LogP) is 12.6. The second-order valence-electron chi connectivity index (χ2n) is 12.5. The minimum atomic E-state index is -1.23. The summed E-state index contributed by atoms with van der Waals surface area (Å²) in [4.78, 5) is 2.97. The highest BCUT2D eigenvalue weighted by molar-refractivity contribution is 8.33. The Labute approximate surface area is 265 Å². The van der Waals surface area contributed by atoms with Crippen molar-refractivity contribution in [2.75, 3.05) is 12.5 Å². The number of benzene rings is 8. The maximum atomic E-state index is 2.57. The molecule has 1 aliphatic rings. The van der Waals surface area contributed by atoms with Crippen molar-refractivity contribution in [3.63, 3.8) is 0 Å². The molecule has 0 saturated heterocycles. The first-order valence-electron chi connectivity index (χ1n) is 15.6. The van der Waals surface area contributed by atoms with Crippen LogP contribution in [0.2, 0.25) is 0 Å². The zero-order chi connectivity index (χ0) is 30.1. The van der Waals surface area contributed by atoms with Crippen molar-refractivity contribution in [1.29, 1.82) is 0 Å². The summed E-state index contributed by atoms with van der Waals surface area (Å²) in [5.74, 6) is 0. The normalized spacial score (nSPS) is 14.0. The summed E-state index contributed by atoms with van der Waals surface area (Å²) in [6, 6.07) is 58.6. The van der Waals surface area contributed by atoms with E-state index >= 15 is 0 Å². The molecule has 8 aromatic carbocycles. The number of fused-ring (bicyclic) bond motifs is 7. The van der Waals surface area contributed by atoms with Crippen molar-refractivity contribution in [3.8, 4) is 44.5 Å². The van der Waals surface area contributed by atoms with Crippen LogP contribution in [0.15, 0.2) is 168 Å². The van der Waals surface area contributed by atoms with Gasteiger partial charge in [0, 0.05) is 15.4 Å². The molecule has 8 aromatic rings. The lowest BCUT2D eigenvalue weighted by atomic mass is 9.83. The van der Waals surface area contributed by atoms with Crippen LogP contribution in [0.25, 0.3) is 76.8 Å². The molecule has 0 amide bonds. The van der Waals surface area contributed by atoms with Crippen LogP contribution in [0, 0.1) is 0 Å². The van der Waals surface area contributed by atoms with Crippen LogP contribution >= 0.6 is 10.0 Å². The second kappa shape index (κ2) is 9.95. The minimum Gasteiger partial charge on any atom is -0.192 e. The van der Waals surface area contributed by atoms with Crippen LogP contribution in [0.1, 0.15) is 0 Å². The molecule has 45 heavy (non-hydrogen) atoms. The van der Waals surface area contributed by atoms with E-state index in [9.17, 15) is 0 Å². The van der Waals surface area contributed by atoms with E-state index in [4.69, 9.17) is 0 Å². The van der Waals surface area contributed by atoms with E-state index in [1.54, 1.807) is 0 Å². The average molecular weight is 593 g/mol. The molecule has 9 rings (SSSR count). The minimum absolute atomic E-state index is 1.23. The molecular formula is C44H32S. The van der Waals surface area contributed by atoms with Crippen LogP contribution in [0.3, 0.4) is 0 Å². The fourth-order valence-electron chi connectivity index (χ4n) is 7.59. The zero-order valence-electron chi connectivity index (χ0n) is 25.4. The third-order valence-electron chi connectivity index (χ3n) is 9.71. The van der Waals surface area contributed by atoms with Gasteiger partial charge >= 0.3 is 0 Å². The lowest BCUT2D eigenvalue weighted by Gasteiger charge is -2.29. The number of rotatable bonds is 3. The van der Waals surface area contributed by atoms with Gasteiger partial charge in [0.05, 0.1) is 0 Å². The highest BCUT2D eigenvalue weighted by Gasteiger charge is 2.34. The molecule has 0 nitrogen and oxygen atoms in total. The molecule has 0 aromatic heterocycles. The Balaban J connectivity index is 1.49. The van der Waals surface area contributed by atoms with Crippen LogP contribution < -0.4 is 0 Å². The standard InChI is InChI=1S/C44H32S/c1-45(2)40-25-23-30-16-12-13-21-34(30)44(40)39-27-37-38(28-41(39)45)43(32-19-10-5-11-20-32)36-26-33(29-14-6-3-7-15-29)22-24-35(36)42(37)31-17-8-4-9-18-31/h3-28H,1-2H3. The van der Waals surface area contributed by atoms with Crippen LogP contribution in [0.5, 0.6) is 0 Å². The fourth-order valence-corrected chi connectivity index (χ4v) is 10.1. The first-order valence-corrected chi connectivity index (χ1v) is 18.0. The molecule has 0 bridgehead atoms. The summed E-state index contributed by atoms with van der Waals surface area (Å²) in [6.07, 6.45) is 4.96. The Morgan fingerprint density at radius 2 is 0.889 bits per heavy atom. The summed E-state index contributed by atoms with van der Waals surface area (Å²) < 4.78 is 0. The van der Waals surface area contributed by atoms with Gasteiger partial charge in [-0.1, -0.05) is 133 Å². The topological polar surface area (TPSA) is 0 Å². The van der Waals surface area contributed by atoms with E-state index in [2.05, 4.69) is 170 Å². The first kappa shape index (κ1) is 26.3. The highest BCUT2D eigenvalue weighted by atomic mass is 32.3. The summed E-state index contributed by atoms with van der Waals surface area (Å²) >= 11 is 0. The van der Waals surface area contributed by atoms with E-state index in [0.717, 1.165) is 0 Å². The van der Waals surface area contributed by atoms with Crippen molar-refractivity contribution < 1.29 is 0 Å². The Bertz CT molecular complexity index is 2420. The Morgan fingerprint density at radius 3 is 1.58 bits per heavy atom. The maximum Gasteiger partial charge on any atom is 0.00299 e. The highest BCUT2D eigenvalue weighted by Crippen LogP contribution is 2.69. The van der Waals surface area contributed by atoms with E-state index in [1.807, 2.05) is 0 Å². The van der Waals surface area contributed by atoms with Gasteiger partial charge in [-0.25, -0.2) is 0 Å². The lowest BCUT2D eigenvalue weighted by molar-refractivity contribution is 1.50. The van der Waals surface area contributed by atoms with Crippen molar-refractivity contribution in [2.24, 2.45) is 0 Å². The van der Waals surface area contributed by atoms with Gasteiger partial charge in [0.2, 0.25) is 0 Å². The van der Waals surface area contributed by atoms with Crippen LogP contribution in [-0.4, -0.2) is 12.5 Å². The molecule has 0 radical (unpaired) electrons. The quantitative estimate of drug-likeness (QED) is 0.179. The van der Waals surface area contributed by atoms with Gasteiger partial charge < -0.3 is 0 Å². The SMILES string of the molecule is CS1(C)c2cc3c(-c4ccccc4)c4cc(-c5ccccc5)ccc4c(-c4ccccc4)c3cc2-c2c1ccc1ccccc21. The molecule has 1 heterocycles. The van der Waals surface area contributed by atoms with Gasteiger partial charge in [-0.2, -0.15) is 10.0 Å². The van der Waals surface area contributed by atoms with Gasteiger partial charge in [0.25, 0.3) is 0 Å². The Kier molecular flexibility index (Phi) is 5.82. The van der Waals surface area contributed by atoms with E-state index < -0.39 is 10.0 Å². The van der Waals surface area contributed by atoms with Gasteiger partial charge in [-0.15, -0.1) is 0 Å². The molecule has 1 heteroatoms. The molecule has 0 saturated carbocycles. The van der Waals surface area contributed by atoms with Crippen LogP contribution in [-0.2, 0) is 0 Å². The molecule has 0 fully saturated rings. The average Bonchev–Trinajstić information content (AvgIpc) is 3.32. The van der Waals surface area contributed by atoms with Gasteiger partial charge in [0.15, 0.2) is 0 Å². The second-order valence-corrected chi connectivity index (χ2v) is 16.0. The largest absolute Gasteiger partial charge is 0.192 e. The van der Waals surface area contributed by atoms with Crippen molar-refractivity contribution in [1.82, 2.24) is 0 Å². The van der Waals surface area contributed by atoms with Crippen molar-refractivity contribution >= 4 is 42.3 Å². The molecule has 1 aliphatic heterocycles. The third-order valence-corrected chi connectivity index (χ3v) is 12.6. The first-order chi connectivity index (χ1) is 22.1. The van der Waals surface area contributed by atoms with E-state index in [0.29, 0.717) is 0 Å². The van der Waals surface area contributed by atoms with Gasteiger partial charge in [-0.05, 0) is 108 Å². The van der Waals surface area contributed by atoms with Crippen molar-refractivity contribution in [3.05, 3.63) is 158 Å². The summed E-state index contributed by atoms with van der Waals surface area (Å²) in [7, 11) is -1.23. The molecule has 0 spiro atoms. The molecular weight excluding hydrogens is 561 g/mol. The van der Waals surface area contributed by atoms with Gasteiger partial charge in [0.1, 0.15) is 0 Å². The maximum absolute atomic E-state index is 2.57. The monoisotopic (exact) mass is 592 g/mol. The van der Waals surface area contributed by atoms with E-state index in [-0.39, 0.29) is 0 Å². The summed E-state index contributed by atoms with van der Waals surface area (Å²) in [5, 5.41) is 7.88. The molecule has 0 N–H and O–H groups in total. The molecule has 214 valence electrons. The summed E-state index contributed by atoms with van der Waals surface area (Å²) in [5.41, 5.74) is 10.4. The molecule has 0 unspecified atom stereocenters. The molecule has 0 aliphatic carbocycles. The Hall–Kier alpha value is -5.11. The third kappa shape index (κ3) is 3.94. The molecule has 0 atom stereocenters. The van der Waals surface area contributed by atoms with Crippen LogP contribution in [0.4, 0.5) is 0 Å². The smallest absolute Gasteiger partial charge is 0.00299 e. The van der Waals surface area contributed by atoms with Gasteiger partial charge in [-0.3, -0.25) is 0 Å². The Morgan fingerprint density at radius 1 is 0.333 bits per heavy atom. The van der Waals surface area contributed by atoms with E-state index in [1.165, 1.54) is 86.6 Å². The number of hydrogen-bond donors (Lipinski definition) is 0.